The highest BCUT2D eigenvalue weighted by atomic mass is 32.2. The van der Waals surface area contributed by atoms with Crippen molar-refractivity contribution in [3.05, 3.63) is 35.4 Å². The number of rotatable bonds is 7. The average molecular weight is 312 g/mol. The summed E-state index contributed by atoms with van der Waals surface area (Å²) in [7, 11) is -1.63. The first-order chi connectivity index (χ1) is 10.0. The summed E-state index contributed by atoms with van der Waals surface area (Å²) in [4.78, 5) is 2.31. The molecular weight excluding hydrogens is 288 g/mol. The molecule has 1 heterocycles. The van der Waals surface area contributed by atoms with E-state index in [1.807, 2.05) is 0 Å². The van der Waals surface area contributed by atoms with Gasteiger partial charge in [0.15, 0.2) is 0 Å². The van der Waals surface area contributed by atoms with Gasteiger partial charge in [0.2, 0.25) is 10.0 Å². The number of likely N-dealkylation sites (tertiary alicyclic amines) is 1. The van der Waals surface area contributed by atoms with Gasteiger partial charge in [0.25, 0.3) is 0 Å². The van der Waals surface area contributed by atoms with Crippen molar-refractivity contribution in [1.82, 2.24) is 9.21 Å². The molecule has 1 saturated heterocycles. The van der Waals surface area contributed by atoms with Crippen molar-refractivity contribution in [3.63, 3.8) is 0 Å². The molecule has 5 nitrogen and oxygen atoms in total. The van der Waals surface area contributed by atoms with Crippen LogP contribution < -0.4 is 0 Å². The third-order valence-electron chi connectivity index (χ3n) is 3.96. The molecule has 0 aliphatic carbocycles. The first-order valence-electron chi connectivity index (χ1n) is 7.36. The minimum absolute atomic E-state index is 0.00914. The van der Waals surface area contributed by atoms with Crippen LogP contribution in [0.1, 0.15) is 24.0 Å². The van der Waals surface area contributed by atoms with Crippen LogP contribution in [-0.2, 0) is 22.4 Å². The summed E-state index contributed by atoms with van der Waals surface area (Å²) in [5.74, 6) is 0.00914. The molecule has 0 bridgehead atoms. The fourth-order valence-electron chi connectivity index (χ4n) is 2.49. The summed E-state index contributed by atoms with van der Waals surface area (Å²) in [6.07, 6.45) is 2.43. The van der Waals surface area contributed by atoms with E-state index in [4.69, 9.17) is 5.11 Å². The zero-order chi connectivity index (χ0) is 15.3. The Morgan fingerprint density at radius 3 is 2.29 bits per heavy atom. The zero-order valence-corrected chi connectivity index (χ0v) is 13.3. The van der Waals surface area contributed by atoms with E-state index in [0.717, 1.165) is 30.8 Å². The highest BCUT2D eigenvalue weighted by Gasteiger charge is 2.20. The fourth-order valence-corrected chi connectivity index (χ4v) is 3.68. The third-order valence-corrected chi connectivity index (χ3v) is 5.79. The van der Waals surface area contributed by atoms with E-state index in [-0.39, 0.29) is 12.4 Å². The highest BCUT2D eigenvalue weighted by Crippen LogP contribution is 2.12. The molecule has 0 amide bonds. The molecule has 0 unspecified atom stereocenters. The van der Waals surface area contributed by atoms with Crippen molar-refractivity contribution >= 4 is 10.0 Å². The third kappa shape index (κ3) is 4.78. The van der Waals surface area contributed by atoms with Crippen LogP contribution in [-0.4, -0.2) is 56.0 Å². The van der Waals surface area contributed by atoms with Crippen molar-refractivity contribution in [1.29, 1.82) is 0 Å². The van der Waals surface area contributed by atoms with Crippen molar-refractivity contribution < 1.29 is 13.5 Å². The smallest absolute Gasteiger partial charge is 0.218 e. The van der Waals surface area contributed by atoms with E-state index in [9.17, 15) is 8.42 Å². The van der Waals surface area contributed by atoms with Gasteiger partial charge in [-0.3, -0.25) is 0 Å². The van der Waals surface area contributed by atoms with Crippen molar-refractivity contribution in [3.8, 4) is 0 Å². The normalized spacial score (nSPS) is 16.7. The number of benzene rings is 1. The van der Waals surface area contributed by atoms with Gasteiger partial charge in [0.1, 0.15) is 0 Å². The SMILES string of the molecule is CN(CCN1CCCC1)S(=O)(=O)Cc1ccc(CO)cc1. The first kappa shape index (κ1) is 16.4. The molecule has 0 spiro atoms. The topological polar surface area (TPSA) is 60.9 Å². The van der Waals surface area contributed by atoms with Gasteiger partial charge in [0.05, 0.1) is 12.4 Å². The summed E-state index contributed by atoms with van der Waals surface area (Å²) in [6, 6.07) is 7.04. The minimum Gasteiger partial charge on any atom is -0.392 e. The number of aliphatic hydroxyl groups is 1. The largest absolute Gasteiger partial charge is 0.392 e. The van der Waals surface area contributed by atoms with Crippen molar-refractivity contribution in [2.45, 2.75) is 25.2 Å². The summed E-state index contributed by atoms with van der Waals surface area (Å²) < 4.78 is 26.1. The Hall–Kier alpha value is -0.950. The zero-order valence-electron chi connectivity index (χ0n) is 12.5. The van der Waals surface area contributed by atoms with Gasteiger partial charge >= 0.3 is 0 Å². The Bertz CT molecular complexity index is 537. The second-order valence-corrected chi connectivity index (χ2v) is 7.68. The first-order valence-corrected chi connectivity index (χ1v) is 8.97. The maximum absolute atomic E-state index is 12.3. The van der Waals surface area contributed by atoms with Gasteiger partial charge in [-0.15, -0.1) is 0 Å². The lowest BCUT2D eigenvalue weighted by Crippen LogP contribution is -2.35. The molecule has 1 aliphatic rings. The molecule has 0 atom stereocenters. The van der Waals surface area contributed by atoms with Gasteiger partial charge in [-0.05, 0) is 37.1 Å². The Morgan fingerprint density at radius 1 is 1.14 bits per heavy atom. The lowest BCUT2D eigenvalue weighted by atomic mass is 10.2. The van der Waals surface area contributed by atoms with E-state index in [1.165, 1.54) is 17.1 Å². The van der Waals surface area contributed by atoms with Crippen LogP contribution in [0, 0.1) is 0 Å². The summed E-state index contributed by atoms with van der Waals surface area (Å²) >= 11 is 0. The van der Waals surface area contributed by atoms with Crippen LogP contribution in [0.3, 0.4) is 0 Å². The number of hydrogen-bond donors (Lipinski definition) is 1. The van der Waals surface area contributed by atoms with E-state index < -0.39 is 10.0 Å². The number of likely N-dealkylation sites (N-methyl/N-ethyl adjacent to an activating group) is 1. The molecule has 1 aromatic carbocycles. The van der Waals surface area contributed by atoms with Crippen LogP contribution in [0.25, 0.3) is 0 Å². The standard InChI is InChI=1S/C15H24N2O3S/c1-16(10-11-17-8-2-3-9-17)21(19,20)13-15-6-4-14(12-18)5-7-15/h4-7,18H,2-3,8-13H2,1H3. The van der Waals surface area contributed by atoms with Crippen molar-refractivity contribution in [2.75, 3.05) is 33.2 Å². The minimum atomic E-state index is -3.28. The second kappa shape index (κ2) is 7.35. The quantitative estimate of drug-likeness (QED) is 0.817. The average Bonchev–Trinajstić information content (AvgIpc) is 2.98. The number of nitrogens with zero attached hydrogens (tertiary/aromatic N) is 2. The molecule has 0 radical (unpaired) electrons. The fraction of sp³-hybridized carbons (Fsp3) is 0.600. The van der Waals surface area contributed by atoms with E-state index in [0.29, 0.717) is 6.54 Å². The molecule has 2 rings (SSSR count). The highest BCUT2D eigenvalue weighted by molar-refractivity contribution is 7.88. The molecule has 1 aliphatic heterocycles. The Kier molecular flexibility index (Phi) is 5.75. The van der Waals surface area contributed by atoms with Gasteiger partial charge < -0.3 is 10.0 Å². The Morgan fingerprint density at radius 2 is 1.71 bits per heavy atom. The van der Waals surface area contributed by atoms with Crippen LogP contribution in [0.2, 0.25) is 0 Å². The molecule has 21 heavy (non-hydrogen) atoms. The lowest BCUT2D eigenvalue weighted by molar-refractivity contribution is 0.282. The van der Waals surface area contributed by atoms with E-state index >= 15 is 0 Å². The van der Waals surface area contributed by atoms with Crippen LogP contribution in [0.15, 0.2) is 24.3 Å². The molecule has 1 fully saturated rings. The van der Waals surface area contributed by atoms with Gasteiger partial charge in [-0.25, -0.2) is 12.7 Å². The molecule has 1 N–H and O–H groups in total. The maximum Gasteiger partial charge on any atom is 0.218 e. The lowest BCUT2D eigenvalue weighted by Gasteiger charge is -2.21. The molecule has 1 aromatic rings. The molecular formula is C15H24N2O3S. The Balaban J connectivity index is 1.89. The van der Waals surface area contributed by atoms with Gasteiger partial charge in [-0.2, -0.15) is 0 Å². The van der Waals surface area contributed by atoms with Gasteiger partial charge in [0, 0.05) is 20.1 Å². The summed E-state index contributed by atoms with van der Waals surface area (Å²) in [6.45, 7) is 3.48. The predicted octanol–water partition coefficient (Wildman–Crippen LogP) is 1.04. The molecule has 6 heteroatoms. The second-order valence-electron chi connectivity index (χ2n) is 5.60. The van der Waals surface area contributed by atoms with Crippen LogP contribution >= 0.6 is 0 Å². The predicted molar refractivity (Wildman–Crippen MR) is 83.3 cm³/mol. The number of sulfonamides is 1. The van der Waals surface area contributed by atoms with E-state index in [2.05, 4.69) is 4.90 Å². The number of aliphatic hydroxyl groups excluding tert-OH is 1. The van der Waals surface area contributed by atoms with Crippen LogP contribution in [0.5, 0.6) is 0 Å². The number of hydrogen-bond acceptors (Lipinski definition) is 4. The summed E-state index contributed by atoms with van der Waals surface area (Å²) in [5.41, 5.74) is 1.54. The monoisotopic (exact) mass is 312 g/mol. The van der Waals surface area contributed by atoms with Crippen molar-refractivity contribution in [2.24, 2.45) is 0 Å². The molecule has 0 saturated carbocycles. The maximum atomic E-state index is 12.3. The molecule has 0 aromatic heterocycles. The molecule has 118 valence electrons. The van der Waals surface area contributed by atoms with Gasteiger partial charge in [-0.1, -0.05) is 24.3 Å². The summed E-state index contributed by atoms with van der Waals surface area (Å²) in [5, 5.41) is 8.99. The van der Waals surface area contributed by atoms with E-state index in [1.54, 1.807) is 31.3 Å². The Labute approximate surface area is 127 Å². The van der Waals surface area contributed by atoms with Crippen LogP contribution in [0.4, 0.5) is 0 Å².